The lowest BCUT2D eigenvalue weighted by molar-refractivity contribution is -0.123. The predicted octanol–water partition coefficient (Wildman–Crippen LogP) is 0.0293. The van der Waals surface area contributed by atoms with E-state index in [1.807, 2.05) is 0 Å². The summed E-state index contributed by atoms with van der Waals surface area (Å²) in [5, 5.41) is 5.45. The summed E-state index contributed by atoms with van der Waals surface area (Å²) >= 11 is 0. The number of carbonyl (C=O) groups excluding carboxylic acids is 1. The molecule has 0 fully saturated rings. The molecule has 0 spiro atoms. The van der Waals surface area contributed by atoms with Gasteiger partial charge in [-0.3, -0.25) is 9.32 Å². The van der Waals surface area contributed by atoms with Gasteiger partial charge in [-0.05, 0) is 12.0 Å². The summed E-state index contributed by atoms with van der Waals surface area (Å²) in [6, 6.07) is 0. The molecule has 0 heterocycles. The fourth-order valence-corrected chi connectivity index (χ4v) is 2.32. The highest BCUT2D eigenvalue weighted by Gasteiger charge is 2.32. The van der Waals surface area contributed by atoms with Crippen molar-refractivity contribution in [2.45, 2.75) is 6.42 Å². The van der Waals surface area contributed by atoms with E-state index in [9.17, 15) is 13.9 Å². The molecule has 14 heteroatoms. The summed E-state index contributed by atoms with van der Waals surface area (Å²) in [6.45, 7) is -0.622. The smallest absolute Gasteiger partial charge is 0.354 e. The summed E-state index contributed by atoms with van der Waals surface area (Å²) < 4.78 is 28.7. The molecule has 0 aliphatic heterocycles. The summed E-state index contributed by atoms with van der Waals surface area (Å²) in [5.41, 5.74) is 7.96. The van der Waals surface area contributed by atoms with Crippen molar-refractivity contribution in [3.8, 4) is 0 Å². The van der Waals surface area contributed by atoms with Gasteiger partial charge in [-0.25, -0.2) is 9.13 Å². The summed E-state index contributed by atoms with van der Waals surface area (Å²) in [6.07, 6.45) is 0.353. The maximum atomic E-state index is 11.1. The number of rotatable bonds is 9. The predicted molar refractivity (Wildman–Crippen MR) is 60.5 cm³/mol. The summed E-state index contributed by atoms with van der Waals surface area (Å²) in [4.78, 5) is 38.9. The molecule has 0 aromatic heterocycles. The Morgan fingerprint density at radius 3 is 2.53 bits per heavy atom. The largest absolute Gasteiger partial charge is 0.481 e. The normalized spacial score (nSPS) is 14.3. The first kappa shape index (κ1) is 18.0. The number of hydrogen-bond donors (Lipinski definition) is 4. The molecule has 4 N–H and O–H groups in total. The number of azide groups is 1. The van der Waals surface area contributed by atoms with E-state index in [0.717, 1.165) is 0 Å². The Bertz CT molecular complexity index is 442. The zero-order chi connectivity index (χ0) is 14.9. The first-order valence-electron chi connectivity index (χ1n) is 4.68. The van der Waals surface area contributed by atoms with Crippen molar-refractivity contribution in [1.82, 2.24) is 5.32 Å². The average Bonchev–Trinajstić information content (AvgIpc) is 2.23. The van der Waals surface area contributed by atoms with Gasteiger partial charge in [-0.15, -0.1) is 0 Å². The number of phosphoric ester groups is 1. The van der Waals surface area contributed by atoms with E-state index < -0.39 is 28.2 Å². The SMILES string of the molecule is [N-]=[N+]=NCCCNC(=O)COP(=O)(O)OP(=O)(O)O. The van der Waals surface area contributed by atoms with E-state index in [-0.39, 0.29) is 13.1 Å². The maximum absolute atomic E-state index is 11.1. The third kappa shape index (κ3) is 11.8. The van der Waals surface area contributed by atoms with Crippen LogP contribution in [0.15, 0.2) is 5.11 Å². The van der Waals surface area contributed by atoms with Crippen LogP contribution in [0.2, 0.25) is 0 Å². The van der Waals surface area contributed by atoms with Crippen molar-refractivity contribution >= 4 is 21.6 Å². The van der Waals surface area contributed by atoms with E-state index in [1.54, 1.807) is 0 Å². The molecule has 0 aliphatic rings. The molecule has 1 unspecified atom stereocenters. The van der Waals surface area contributed by atoms with Crippen LogP contribution in [0.25, 0.3) is 10.4 Å². The van der Waals surface area contributed by atoms with Gasteiger partial charge in [0, 0.05) is 18.0 Å². The minimum Gasteiger partial charge on any atom is -0.354 e. The Morgan fingerprint density at radius 2 is 2.00 bits per heavy atom. The molecule has 0 radical (unpaired) electrons. The number of hydrogen-bond acceptors (Lipinski definition) is 6. The van der Waals surface area contributed by atoms with Crippen molar-refractivity contribution in [3.05, 3.63) is 10.4 Å². The molecule has 0 aliphatic carbocycles. The maximum Gasteiger partial charge on any atom is 0.481 e. The molecule has 0 saturated heterocycles. The van der Waals surface area contributed by atoms with Crippen molar-refractivity contribution in [3.63, 3.8) is 0 Å². The molecule has 0 bridgehead atoms. The monoisotopic (exact) mass is 318 g/mol. The molecule has 0 aromatic rings. The lowest BCUT2D eigenvalue weighted by Crippen LogP contribution is -2.28. The summed E-state index contributed by atoms with van der Waals surface area (Å²) in [7, 11) is -10.2. The van der Waals surface area contributed by atoms with Gasteiger partial charge in [0.2, 0.25) is 5.91 Å². The number of nitrogens with zero attached hydrogens (tertiary/aromatic N) is 3. The van der Waals surface area contributed by atoms with Gasteiger partial charge in [-0.2, -0.15) is 4.31 Å². The van der Waals surface area contributed by atoms with Gasteiger partial charge in [0.15, 0.2) is 0 Å². The van der Waals surface area contributed by atoms with Gasteiger partial charge in [0.05, 0.1) is 0 Å². The zero-order valence-electron chi connectivity index (χ0n) is 9.45. The second-order valence-electron chi connectivity index (χ2n) is 2.97. The fraction of sp³-hybridized carbons (Fsp3) is 0.800. The van der Waals surface area contributed by atoms with Crippen LogP contribution >= 0.6 is 15.6 Å². The van der Waals surface area contributed by atoms with Crippen LogP contribution < -0.4 is 5.32 Å². The van der Waals surface area contributed by atoms with Crippen LogP contribution in [0.4, 0.5) is 0 Å². The van der Waals surface area contributed by atoms with E-state index >= 15 is 0 Å². The van der Waals surface area contributed by atoms with Crippen LogP contribution in [-0.4, -0.2) is 40.3 Å². The molecule has 0 saturated carbocycles. The van der Waals surface area contributed by atoms with Gasteiger partial charge in [-0.1, -0.05) is 5.11 Å². The van der Waals surface area contributed by atoms with Crippen molar-refractivity contribution in [1.29, 1.82) is 0 Å². The molecular formula is C5H12N4O8P2. The minimum absolute atomic E-state index is 0.135. The van der Waals surface area contributed by atoms with E-state index in [0.29, 0.717) is 6.42 Å². The molecular weight excluding hydrogens is 306 g/mol. The van der Waals surface area contributed by atoms with Gasteiger partial charge in [0.25, 0.3) is 0 Å². The number of nitrogens with one attached hydrogen (secondary N) is 1. The quantitative estimate of drug-likeness (QED) is 0.150. The zero-order valence-corrected chi connectivity index (χ0v) is 11.2. The van der Waals surface area contributed by atoms with Crippen LogP contribution in [-0.2, 0) is 22.8 Å². The van der Waals surface area contributed by atoms with Crippen LogP contribution in [0.5, 0.6) is 0 Å². The molecule has 0 rings (SSSR count). The third-order valence-corrected chi connectivity index (χ3v) is 3.52. The van der Waals surface area contributed by atoms with Crippen LogP contribution in [0.1, 0.15) is 6.42 Å². The first-order valence-corrected chi connectivity index (χ1v) is 7.70. The Balaban J connectivity index is 3.92. The van der Waals surface area contributed by atoms with Crippen molar-refractivity contribution in [2.75, 3.05) is 19.7 Å². The lowest BCUT2D eigenvalue weighted by Gasteiger charge is -2.12. The van der Waals surface area contributed by atoms with Crippen molar-refractivity contribution in [2.24, 2.45) is 5.11 Å². The Kier molecular flexibility index (Phi) is 7.84. The molecule has 19 heavy (non-hydrogen) atoms. The second kappa shape index (κ2) is 8.26. The standard InChI is InChI=1S/C5H12N4O8P2/c6-9-8-3-1-2-7-5(10)4-16-19(14,15)17-18(11,12)13/h1-4H2,(H,7,10)(H,14,15)(H2,11,12,13). The Hall–Kier alpha value is -0.960. The van der Waals surface area contributed by atoms with Crippen LogP contribution in [0, 0.1) is 0 Å². The molecule has 12 nitrogen and oxygen atoms in total. The summed E-state index contributed by atoms with van der Waals surface area (Å²) in [5.74, 6) is -0.801. The van der Waals surface area contributed by atoms with Crippen molar-refractivity contribution < 1.29 is 37.4 Å². The molecule has 1 amide bonds. The highest BCUT2D eigenvalue weighted by molar-refractivity contribution is 7.60. The highest BCUT2D eigenvalue weighted by Crippen LogP contribution is 2.57. The average molecular weight is 318 g/mol. The molecule has 110 valence electrons. The van der Waals surface area contributed by atoms with Gasteiger partial charge < -0.3 is 20.0 Å². The number of carbonyl (C=O) groups is 1. The number of phosphoric acid groups is 2. The van der Waals surface area contributed by atoms with Crippen LogP contribution in [0.3, 0.4) is 0 Å². The topological polar surface area (TPSA) is 191 Å². The van der Waals surface area contributed by atoms with E-state index in [1.165, 1.54) is 0 Å². The van der Waals surface area contributed by atoms with Gasteiger partial charge in [0.1, 0.15) is 6.61 Å². The minimum atomic E-state index is -5.20. The van der Waals surface area contributed by atoms with E-state index in [4.69, 9.17) is 20.2 Å². The Morgan fingerprint density at radius 1 is 1.37 bits per heavy atom. The van der Waals surface area contributed by atoms with Gasteiger partial charge >= 0.3 is 15.6 Å². The Labute approximate surface area is 107 Å². The first-order chi connectivity index (χ1) is 8.66. The third-order valence-electron chi connectivity index (χ3n) is 1.39. The number of amides is 1. The van der Waals surface area contributed by atoms with E-state index in [2.05, 4.69) is 24.2 Å². The highest BCUT2D eigenvalue weighted by atomic mass is 31.3. The second-order valence-corrected chi connectivity index (χ2v) is 5.80. The molecule has 1 atom stereocenters. The fourth-order valence-electron chi connectivity index (χ4n) is 0.772. The lowest BCUT2D eigenvalue weighted by atomic mass is 10.4. The molecule has 0 aromatic carbocycles.